The summed E-state index contributed by atoms with van der Waals surface area (Å²) in [4.78, 5) is 37.9. The monoisotopic (exact) mass is 420 g/mol. The van der Waals surface area contributed by atoms with Gasteiger partial charge in [0.25, 0.3) is 5.56 Å². The number of rotatable bonds is 6. The fourth-order valence-electron chi connectivity index (χ4n) is 3.95. The molecule has 0 fully saturated rings. The number of benzene rings is 2. The number of anilines is 1. The summed E-state index contributed by atoms with van der Waals surface area (Å²) in [6, 6.07) is 11.5. The van der Waals surface area contributed by atoms with Crippen LogP contribution < -0.4 is 10.9 Å². The van der Waals surface area contributed by atoms with Gasteiger partial charge in [-0.3, -0.25) is 14.2 Å². The van der Waals surface area contributed by atoms with Gasteiger partial charge in [0, 0.05) is 17.1 Å². The number of esters is 1. The Labute approximate surface area is 181 Å². The van der Waals surface area contributed by atoms with Gasteiger partial charge in [0.1, 0.15) is 6.04 Å². The molecule has 6 nitrogen and oxygen atoms in total. The van der Waals surface area contributed by atoms with Crippen molar-refractivity contribution in [3.63, 3.8) is 0 Å². The molecule has 3 aromatic rings. The average molecular weight is 421 g/mol. The van der Waals surface area contributed by atoms with Crippen LogP contribution in [-0.2, 0) is 9.53 Å². The Hall–Kier alpha value is -3.41. The SMILES string of the molecule is CCOC(=O)c1ccc(NC(=O)C(CC)n2c(=O)cc(C)c3cc(C)cc(C)c32)cc1. The van der Waals surface area contributed by atoms with E-state index in [1.54, 1.807) is 41.8 Å². The van der Waals surface area contributed by atoms with Crippen LogP contribution in [0.25, 0.3) is 10.9 Å². The van der Waals surface area contributed by atoms with E-state index < -0.39 is 12.0 Å². The van der Waals surface area contributed by atoms with E-state index in [2.05, 4.69) is 5.32 Å². The maximum Gasteiger partial charge on any atom is 0.338 e. The van der Waals surface area contributed by atoms with Crippen molar-refractivity contribution in [1.82, 2.24) is 4.57 Å². The van der Waals surface area contributed by atoms with Crippen LogP contribution in [0.3, 0.4) is 0 Å². The van der Waals surface area contributed by atoms with E-state index in [1.165, 1.54) is 0 Å². The first-order valence-corrected chi connectivity index (χ1v) is 10.5. The standard InChI is InChI=1S/C25H28N2O4/c1-6-21(24(29)26-19-10-8-18(9-11-19)25(30)31-7-2)27-22(28)14-16(4)20-13-15(3)12-17(5)23(20)27/h8-14,21H,6-7H2,1-5H3,(H,26,29). The van der Waals surface area contributed by atoms with Gasteiger partial charge in [-0.05, 0) is 75.6 Å². The Bertz CT molecular complexity index is 1190. The second-order valence-electron chi connectivity index (χ2n) is 7.72. The van der Waals surface area contributed by atoms with Crippen molar-refractivity contribution >= 4 is 28.5 Å². The minimum atomic E-state index is -0.665. The number of pyridine rings is 1. The molecule has 1 heterocycles. The molecule has 0 aliphatic heterocycles. The Morgan fingerprint density at radius 2 is 1.68 bits per heavy atom. The quantitative estimate of drug-likeness (QED) is 0.587. The molecule has 1 unspecified atom stereocenters. The highest BCUT2D eigenvalue weighted by molar-refractivity contribution is 5.96. The second kappa shape index (κ2) is 9.16. The first-order chi connectivity index (χ1) is 14.8. The third-order valence-corrected chi connectivity index (χ3v) is 5.35. The van der Waals surface area contributed by atoms with Crippen LogP contribution in [0.1, 0.15) is 53.4 Å². The van der Waals surface area contributed by atoms with Crippen LogP contribution >= 0.6 is 0 Å². The van der Waals surface area contributed by atoms with Gasteiger partial charge < -0.3 is 10.1 Å². The third kappa shape index (κ3) is 4.53. The smallest absolute Gasteiger partial charge is 0.338 e. The highest BCUT2D eigenvalue weighted by Crippen LogP contribution is 2.26. The summed E-state index contributed by atoms with van der Waals surface area (Å²) in [6.45, 7) is 9.83. The summed E-state index contributed by atoms with van der Waals surface area (Å²) in [6.07, 6.45) is 0.456. The molecule has 1 amide bonds. The second-order valence-corrected chi connectivity index (χ2v) is 7.72. The van der Waals surface area contributed by atoms with E-state index in [0.717, 1.165) is 27.6 Å². The molecule has 0 bridgehead atoms. The Morgan fingerprint density at radius 3 is 2.29 bits per heavy atom. The number of amides is 1. The Kier molecular flexibility index (Phi) is 6.59. The maximum absolute atomic E-state index is 13.2. The Balaban J connectivity index is 1.97. The summed E-state index contributed by atoms with van der Waals surface area (Å²) < 4.78 is 6.58. The highest BCUT2D eigenvalue weighted by atomic mass is 16.5. The van der Waals surface area contributed by atoms with Gasteiger partial charge in [-0.1, -0.05) is 18.6 Å². The molecule has 162 valence electrons. The molecular weight excluding hydrogens is 392 g/mol. The van der Waals surface area contributed by atoms with Crippen LogP contribution in [-0.4, -0.2) is 23.1 Å². The molecule has 6 heteroatoms. The van der Waals surface area contributed by atoms with Gasteiger partial charge in [-0.25, -0.2) is 4.79 Å². The molecule has 0 aliphatic rings. The Morgan fingerprint density at radius 1 is 1.00 bits per heavy atom. The normalized spacial score (nSPS) is 11.9. The predicted octanol–water partition coefficient (Wildman–Crippen LogP) is 4.69. The van der Waals surface area contributed by atoms with Crippen molar-refractivity contribution in [3.05, 3.63) is 75.1 Å². The number of ether oxygens (including phenoxy) is 1. The highest BCUT2D eigenvalue weighted by Gasteiger charge is 2.23. The molecule has 31 heavy (non-hydrogen) atoms. The molecule has 0 saturated carbocycles. The van der Waals surface area contributed by atoms with Crippen LogP contribution in [0.2, 0.25) is 0 Å². The molecule has 2 aromatic carbocycles. The summed E-state index contributed by atoms with van der Waals surface area (Å²) in [7, 11) is 0. The number of hydrogen-bond donors (Lipinski definition) is 1. The van der Waals surface area contributed by atoms with Crippen molar-refractivity contribution < 1.29 is 14.3 Å². The van der Waals surface area contributed by atoms with E-state index in [1.807, 2.05) is 39.8 Å². The van der Waals surface area contributed by atoms with Crippen molar-refractivity contribution in [3.8, 4) is 0 Å². The maximum atomic E-state index is 13.2. The van der Waals surface area contributed by atoms with Crippen molar-refractivity contribution in [2.75, 3.05) is 11.9 Å². The van der Waals surface area contributed by atoms with Crippen LogP contribution in [0.15, 0.2) is 47.3 Å². The molecule has 0 spiro atoms. The van der Waals surface area contributed by atoms with Gasteiger partial charge >= 0.3 is 5.97 Å². The van der Waals surface area contributed by atoms with E-state index >= 15 is 0 Å². The van der Waals surface area contributed by atoms with Gasteiger partial charge in [-0.15, -0.1) is 0 Å². The molecule has 0 saturated heterocycles. The van der Waals surface area contributed by atoms with E-state index in [4.69, 9.17) is 4.74 Å². The van der Waals surface area contributed by atoms with Gasteiger partial charge in [0.15, 0.2) is 0 Å². The molecule has 1 atom stereocenters. The van der Waals surface area contributed by atoms with Crippen molar-refractivity contribution in [2.24, 2.45) is 0 Å². The summed E-state index contributed by atoms with van der Waals surface area (Å²) in [5.41, 5.74) is 4.52. The largest absolute Gasteiger partial charge is 0.462 e. The number of hydrogen-bond acceptors (Lipinski definition) is 4. The van der Waals surface area contributed by atoms with Crippen LogP contribution in [0, 0.1) is 20.8 Å². The summed E-state index contributed by atoms with van der Waals surface area (Å²) in [5.74, 6) is -0.686. The number of nitrogens with one attached hydrogen (secondary N) is 1. The summed E-state index contributed by atoms with van der Waals surface area (Å²) in [5, 5.41) is 3.85. The number of fused-ring (bicyclic) bond motifs is 1. The topological polar surface area (TPSA) is 77.4 Å². The fraction of sp³-hybridized carbons (Fsp3) is 0.320. The predicted molar refractivity (Wildman–Crippen MR) is 123 cm³/mol. The zero-order chi connectivity index (χ0) is 22.7. The molecule has 0 radical (unpaired) electrons. The summed E-state index contributed by atoms with van der Waals surface area (Å²) >= 11 is 0. The number of aryl methyl sites for hydroxylation is 3. The lowest BCUT2D eigenvalue weighted by Crippen LogP contribution is -2.33. The third-order valence-electron chi connectivity index (χ3n) is 5.35. The lowest BCUT2D eigenvalue weighted by atomic mass is 10.0. The fourth-order valence-corrected chi connectivity index (χ4v) is 3.95. The number of nitrogens with zero attached hydrogens (tertiary/aromatic N) is 1. The van der Waals surface area contributed by atoms with Crippen LogP contribution in [0.5, 0.6) is 0 Å². The van der Waals surface area contributed by atoms with Gasteiger partial charge in [0.2, 0.25) is 5.91 Å². The van der Waals surface area contributed by atoms with Crippen molar-refractivity contribution in [1.29, 1.82) is 0 Å². The van der Waals surface area contributed by atoms with E-state index in [0.29, 0.717) is 24.3 Å². The number of carbonyl (C=O) groups is 2. The minimum absolute atomic E-state index is 0.198. The average Bonchev–Trinajstić information content (AvgIpc) is 2.71. The van der Waals surface area contributed by atoms with Crippen LogP contribution in [0.4, 0.5) is 5.69 Å². The molecule has 3 rings (SSSR count). The number of carbonyl (C=O) groups excluding carboxylic acids is 2. The molecule has 1 aromatic heterocycles. The van der Waals surface area contributed by atoms with Gasteiger partial charge in [-0.2, -0.15) is 0 Å². The first-order valence-electron chi connectivity index (χ1n) is 10.5. The van der Waals surface area contributed by atoms with Crippen molar-refractivity contribution in [2.45, 2.75) is 47.1 Å². The zero-order valence-corrected chi connectivity index (χ0v) is 18.6. The zero-order valence-electron chi connectivity index (χ0n) is 18.6. The lowest BCUT2D eigenvalue weighted by Gasteiger charge is -2.22. The van der Waals surface area contributed by atoms with Gasteiger partial charge in [0.05, 0.1) is 17.7 Å². The first kappa shape index (κ1) is 22.3. The number of aromatic nitrogens is 1. The molecular formula is C25H28N2O4. The minimum Gasteiger partial charge on any atom is -0.462 e. The molecule has 1 N–H and O–H groups in total. The molecule has 0 aliphatic carbocycles. The lowest BCUT2D eigenvalue weighted by molar-refractivity contribution is -0.119. The van der Waals surface area contributed by atoms with E-state index in [-0.39, 0.29) is 11.5 Å². The van der Waals surface area contributed by atoms with E-state index in [9.17, 15) is 14.4 Å².